The predicted molar refractivity (Wildman–Crippen MR) is 71.1 cm³/mol. The van der Waals surface area contributed by atoms with Gasteiger partial charge in [0.05, 0.1) is 25.9 Å². The molecule has 0 aromatic carbocycles. The highest BCUT2D eigenvalue weighted by Crippen LogP contribution is 2.09. The maximum Gasteiger partial charge on any atom is 0.315 e. The molecule has 0 bridgehead atoms. The molecule has 0 aliphatic carbocycles. The van der Waals surface area contributed by atoms with Gasteiger partial charge >= 0.3 is 6.01 Å². The lowest BCUT2D eigenvalue weighted by molar-refractivity contribution is 0.198. The van der Waals surface area contributed by atoms with E-state index in [1.54, 1.807) is 13.3 Å². The van der Waals surface area contributed by atoms with E-state index in [4.69, 9.17) is 13.6 Å². The topological polar surface area (TPSA) is 98.2 Å². The van der Waals surface area contributed by atoms with Gasteiger partial charge in [0.1, 0.15) is 5.76 Å². The van der Waals surface area contributed by atoms with Crippen LogP contribution in [0, 0.1) is 0 Å². The van der Waals surface area contributed by atoms with Gasteiger partial charge in [-0.05, 0) is 0 Å². The van der Waals surface area contributed by atoms with Gasteiger partial charge in [0, 0.05) is 20.1 Å². The SMILES string of the molecule is CCc1cnc(CNc2nnc(CNCCOC)o2)o1. The fourth-order valence-corrected chi connectivity index (χ4v) is 1.51. The average molecular weight is 281 g/mol. The standard InChI is InChI=1S/C12H19N5O3/c1-3-9-6-14-10(19-9)8-15-12-17-16-11(20-12)7-13-4-5-18-2/h6,13H,3-5,7-8H2,1-2H3,(H,15,17). The Hall–Kier alpha value is -1.93. The van der Waals surface area contributed by atoms with Gasteiger partial charge in [-0.2, -0.15) is 0 Å². The summed E-state index contributed by atoms with van der Waals surface area (Å²) in [5.41, 5.74) is 0. The predicted octanol–water partition coefficient (Wildman–Crippen LogP) is 0.968. The first-order valence-electron chi connectivity index (χ1n) is 6.51. The number of nitrogens with one attached hydrogen (secondary N) is 2. The van der Waals surface area contributed by atoms with Crippen molar-refractivity contribution in [2.45, 2.75) is 26.4 Å². The zero-order valence-corrected chi connectivity index (χ0v) is 11.7. The summed E-state index contributed by atoms with van der Waals surface area (Å²) < 4.78 is 15.8. The lowest BCUT2D eigenvalue weighted by Crippen LogP contribution is -2.18. The van der Waals surface area contributed by atoms with E-state index in [2.05, 4.69) is 25.8 Å². The molecule has 0 atom stereocenters. The molecule has 2 heterocycles. The Kier molecular flexibility index (Phi) is 5.51. The van der Waals surface area contributed by atoms with Crippen LogP contribution in [-0.2, 0) is 24.2 Å². The molecule has 0 saturated heterocycles. The molecule has 0 spiro atoms. The number of aromatic nitrogens is 3. The number of aryl methyl sites for hydroxylation is 1. The average Bonchev–Trinajstić information content (AvgIpc) is 3.10. The van der Waals surface area contributed by atoms with Crippen LogP contribution in [0.25, 0.3) is 0 Å². The Morgan fingerprint density at radius 1 is 1.20 bits per heavy atom. The highest BCUT2D eigenvalue weighted by molar-refractivity contribution is 5.17. The summed E-state index contributed by atoms with van der Waals surface area (Å²) in [6.45, 7) is 4.31. The third-order valence-corrected chi connectivity index (χ3v) is 2.57. The summed E-state index contributed by atoms with van der Waals surface area (Å²) in [4.78, 5) is 4.13. The van der Waals surface area contributed by atoms with Crippen molar-refractivity contribution >= 4 is 6.01 Å². The van der Waals surface area contributed by atoms with E-state index in [-0.39, 0.29) is 0 Å². The zero-order chi connectivity index (χ0) is 14.2. The second kappa shape index (κ2) is 7.61. The summed E-state index contributed by atoms with van der Waals surface area (Å²) in [5, 5.41) is 13.9. The molecule has 2 N–H and O–H groups in total. The second-order valence-corrected chi connectivity index (χ2v) is 4.10. The number of rotatable bonds is 9. The minimum Gasteiger partial charge on any atom is -0.444 e. The van der Waals surface area contributed by atoms with Crippen LogP contribution in [0.15, 0.2) is 15.0 Å². The Bertz CT molecular complexity index is 511. The zero-order valence-electron chi connectivity index (χ0n) is 11.7. The fourth-order valence-electron chi connectivity index (χ4n) is 1.51. The first-order chi connectivity index (χ1) is 9.81. The van der Waals surface area contributed by atoms with Crippen LogP contribution in [0.5, 0.6) is 0 Å². The van der Waals surface area contributed by atoms with Gasteiger partial charge in [0.2, 0.25) is 11.8 Å². The van der Waals surface area contributed by atoms with E-state index < -0.39 is 0 Å². The molecule has 20 heavy (non-hydrogen) atoms. The van der Waals surface area contributed by atoms with E-state index in [1.807, 2.05) is 6.92 Å². The molecule has 0 aliphatic heterocycles. The summed E-state index contributed by atoms with van der Waals surface area (Å²) in [5.74, 6) is 1.97. The van der Waals surface area contributed by atoms with Crippen LogP contribution in [0.3, 0.4) is 0 Å². The molecule has 2 aromatic heterocycles. The summed E-state index contributed by atoms with van der Waals surface area (Å²) >= 11 is 0. The maximum atomic E-state index is 5.46. The Morgan fingerprint density at radius 3 is 2.85 bits per heavy atom. The van der Waals surface area contributed by atoms with E-state index >= 15 is 0 Å². The Morgan fingerprint density at radius 2 is 2.10 bits per heavy atom. The molecule has 2 aromatic rings. The first kappa shape index (κ1) is 14.5. The van der Waals surface area contributed by atoms with Crippen LogP contribution >= 0.6 is 0 Å². The van der Waals surface area contributed by atoms with Crippen molar-refractivity contribution in [3.8, 4) is 0 Å². The number of anilines is 1. The summed E-state index contributed by atoms with van der Waals surface area (Å²) in [6.07, 6.45) is 2.54. The third-order valence-electron chi connectivity index (χ3n) is 2.57. The lowest BCUT2D eigenvalue weighted by atomic mass is 10.4. The van der Waals surface area contributed by atoms with Gasteiger partial charge in [-0.15, -0.1) is 5.10 Å². The van der Waals surface area contributed by atoms with Crippen LogP contribution in [-0.4, -0.2) is 35.4 Å². The summed E-state index contributed by atoms with van der Waals surface area (Å²) in [6, 6.07) is 0.352. The third kappa shape index (κ3) is 4.32. The molecule has 0 amide bonds. The molecule has 0 fully saturated rings. The minimum absolute atomic E-state index is 0.352. The molecular weight excluding hydrogens is 262 g/mol. The number of ether oxygens (including phenoxy) is 1. The fraction of sp³-hybridized carbons (Fsp3) is 0.583. The van der Waals surface area contributed by atoms with Crippen molar-refractivity contribution in [3.05, 3.63) is 23.7 Å². The number of hydrogen-bond acceptors (Lipinski definition) is 8. The molecule has 0 unspecified atom stereocenters. The van der Waals surface area contributed by atoms with E-state index in [0.29, 0.717) is 37.5 Å². The van der Waals surface area contributed by atoms with Crippen LogP contribution < -0.4 is 10.6 Å². The smallest absolute Gasteiger partial charge is 0.315 e. The monoisotopic (exact) mass is 281 g/mol. The van der Waals surface area contributed by atoms with Gasteiger partial charge in [0.15, 0.2) is 0 Å². The van der Waals surface area contributed by atoms with Gasteiger partial charge in [-0.3, -0.25) is 0 Å². The second-order valence-electron chi connectivity index (χ2n) is 4.10. The highest BCUT2D eigenvalue weighted by Gasteiger charge is 2.07. The summed E-state index contributed by atoms with van der Waals surface area (Å²) in [7, 11) is 1.66. The molecule has 0 saturated carbocycles. The molecular formula is C12H19N5O3. The maximum absolute atomic E-state index is 5.46. The quantitative estimate of drug-likeness (QED) is 0.656. The number of nitrogens with zero attached hydrogens (tertiary/aromatic N) is 3. The van der Waals surface area contributed by atoms with Crippen molar-refractivity contribution in [3.63, 3.8) is 0 Å². The van der Waals surface area contributed by atoms with Crippen molar-refractivity contribution in [2.75, 3.05) is 25.6 Å². The van der Waals surface area contributed by atoms with Crippen LogP contribution in [0.4, 0.5) is 6.01 Å². The first-order valence-corrected chi connectivity index (χ1v) is 6.51. The largest absolute Gasteiger partial charge is 0.444 e. The van der Waals surface area contributed by atoms with Gasteiger partial charge in [-0.25, -0.2) is 4.98 Å². The van der Waals surface area contributed by atoms with Gasteiger partial charge < -0.3 is 24.2 Å². The van der Waals surface area contributed by atoms with Gasteiger partial charge in [-0.1, -0.05) is 12.0 Å². The molecule has 2 rings (SSSR count). The van der Waals surface area contributed by atoms with Crippen molar-refractivity contribution < 1.29 is 13.6 Å². The van der Waals surface area contributed by atoms with Gasteiger partial charge in [0.25, 0.3) is 0 Å². The Balaban J connectivity index is 1.74. The van der Waals surface area contributed by atoms with Crippen molar-refractivity contribution in [2.24, 2.45) is 0 Å². The minimum atomic E-state index is 0.352. The highest BCUT2D eigenvalue weighted by atomic mass is 16.5. The van der Waals surface area contributed by atoms with E-state index in [0.717, 1.165) is 18.7 Å². The van der Waals surface area contributed by atoms with E-state index in [1.165, 1.54) is 0 Å². The van der Waals surface area contributed by atoms with Crippen LogP contribution in [0.2, 0.25) is 0 Å². The van der Waals surface area contributed by atoms with E-state index in [9.17, 15) is 0 Å². The Labute approximate surface area is 116 Å². The van der Waals surface area contributed by atoms with Crippen molar-refractivity contribution in [1.29, 1.82) is 0 Å². The van der Waals surface area contributed by atoms with Crippen LogP contribution in [0.1, 0.15) is 24.5 Å². The van der Waals surface area contributed by atoms with Crippen molar-refractivity contribution in [1.82, 2.24) is 20.5 Å². The lowest BCUT2D eigenvalue weighted by Gasteiger charge is -1.99. The molecule has 8 nitrogen and oxygen atoms in total. The molecule has 110 valence electrons. The number of methoxy groups -OCH3 is 1. The normalized spacial score (nSPS) is 10.9. The number of hydrogen-bond donors (Lipinski definition) is 2. The molecule has 0 aliphatic rings. The molecule has 0 radical (unpaired) electrons. The number of oxazole rings is 1. The molecule has 8 heteroatoms.